The van der Waals surface area contributed by atoms with Crippen LogP contribution in [0.3, 0.4) is 0 Å². The molecule has 0 amide bonds. The van der Waals surface area contributed by atoms with Gasteiger partial charge in [-0.3, -0.25) is 0 Å². The molecule has 0 unspecified atom stereocenters. The van der Waals surface area contributed by atoms with Gasteiger partial charge in [-0.1, -0.05) is 36.4 Å². The van der Waals surface area contributed by atoms with Crippen LogP contribution in [-0.4, -0.2) is 11.1 Å². The smallest absolute Gasteiger partial charge is 0.146 e. The summed E-state index contributed by atoms with van der Waals surface area (Å²) in [5.41, 5.74) is 2.31. The molecule has 0 fully saturated rings. The molecule has 2 aromatic rings. The minimum atomic E-state index is -0.291. The molecule has 2 aromatic carbocycles. The van der Waals surface area contributed by atoms with Crippen LogP contribution < -0.4 is 4.90 Å². The van der Waals surface area contributed by atoms with Crippen molar-refractivity contribution in [2.24, 2.45) is 0 Å². The monoisotopic (exact) mass is 273 g/mol. The zero-order chi connectivity index (χ0) is 14.5. The van der Waals surface area contributed by atoms with Crippen LogP contribution in [0.2, 0.25) is 0 Å². The van der Waals surface area contributed by atoms with Gasteiger partial charge in [0.2, 0.25) is 0 Å². The van der Waals surface area contributed by atoms with Gasteiger partial charge < -0.3 is 10.0 Å². The Morgan fingerprint density at radius 1 is 1.05 bits per heavy atom. The summed E-state index contributed by atoms with van der Waals surface area (Å²) in [6, 6.07) is 15.1. The predicted octanol–water partition coefficient (Wildman–Crippen LogP) is 3.73. The van der Waals surface area contributed by atoms with Gasteiger partial charge in [0.15, 0.2) is 0 Å². The molecule has 2 nitrogen and oxygen atoms in total. The highest BCUT2D eigenvalue weighted by molar-refractivity contribution is 5.50. The number of aliphatic hydroxyl groups excluding tert-OH is 1. The standard InChI is InChI=1S/C17H20FNO/c1-13(2)19(11-14-6-4-3-5-7-14)17-9-8-15(12-20)10-16(17)18/h3-10,13,20H,11-12H2,1-2H3. The zero-order valence-electron chi connectivity index (χ0n) is 11.9. The lowest BCUT2D eigenvalue weighted by Crippen LogP contribution is -2.30. The van der Waals surface area contributed by atoms with Crippen molar-refractivity contribution >= 4 is 5.69 Å². The molecular formula is C17H20FNO. The first-order valence-electron chi connectivity index (χ1n) is 6.81. The molecule has 0 aromatic heterocycles. The molecule has 0 heterocycles. The normalized spacial score (nSPS) is 10.8. The fourth-order valence-corrected chi connectivity index (χ4v) is 2.21. The maximum absolute atomic E-state index is 14.2. The van der Waals surface area contributed by atoms with Crippen molar-refractivity contribution < 1.29 is 9.50 Å². The zero-order valence-corrected chi connectivity index (χ0v) is 11.9. The lowest BCUT2D eigenvalue weighted by Gasteiger charge is -2.29. The lowest BCUT2D eigenvalue weighted by molar-refractivity contribution is 0.281. The second-order valence-electron chi connectivity index (χ2n) is 5.15. The van der Waals surface area contributed by atoms with Crippen LogP contribution >= 0.6 is 0 Å². The highest BCUT2D eigenvalue weighted by atomic mass is 19.1. The third-order valence-electron chi connectivity index (χ3n) is 3.32. The Morgan fingerprint density at radius 3 is 2.30 bits per heavy atom. The van der Waals surface area contributed by atoms with Crippen molar-refractivity contribution in [1.82, 2.24) is 0 Å². The van der Waals surface area contributed by atoms with Crippen LogP contribution in [-0.2, 0) is 13.2 Å². The summed E-state index contributed by atoms with van der Waals surface area (Å²) in [5, 5.41) is 9.06. The number of hydrogen-bond acceptors (Lipinski definition) is 2. The van der Waals surface area contributed by atoms with E-state index in [2.05, 4.69) is 0 Å². The first kappa shape index (κ1) is 14.5. The second kappa shape index (κ2) is 6.53. The highest BCUT2D eigenvalue weighted by Gasteiger charge is 2.15. The van der Waals surface area contributed by atoms with Crippen molar-refractivity contribution in [3.8, 4) is 0 Å². The average molecular weight is 273 g/mol. The summed E-state index contributed by atoms with van der Waals surface area (Å²) in [7, 11) is 0. The van der Waals surface area contributed by atoms with Crippen LogP contribution in [0.25, 0.3) is 0 Å². The Kier molecular flexibility index (Phi) is 4.74. The molecule has 2 rings (SSSR count). The molecule has 1 N–H and O–H groups in total. The molecule has 20 heavy (non-hydrogen) atoms. The molecule has 0 aliphatic carbocycles. The fourth-order valence-electron chi connectivity index (χ4n) is 2.21. The lowest BCUT2D eigenvalue weighted by atomic mass is 10.1. The van der Waals surface area contributed by atoms with Crippen LogP contribution in [0, 0.1) is 5.82 Å². The van der Waals surface area contributed by atoms with E-state index in [4.69, 9.17) is 5.11 Å². The molecule has 0 bridgehead atoms. The van der Waals surface area contributed by atoms with E-state index in [1.165, 1.54) is 6.07 Å². The third-order valence-corrected chi connectivity index (χ3v) is 3.32. The van der Waals surface area contributed by atoms with Gasteiger partial charge in [-0.15, -0.1) is 0 Å². The molecule has 3 heteroatoms. The van der Waals surface area contributed by atoms with E-state index in [-0.39, 0.29) is 18.5 Å². The van der Waals surface area contributed by atoms with Gasteiger partial charge >= 0.3 is 0 Å². The molecular weight excluding hydrogens is 253 g/mol. The topological polar surface area (TPSA) is 23.5 Å². The Labute approximate surface area is 119 Å². The number of benzene rings is 2. The summed E-state index contributed by atoms with van der Waals surface area (Å²) in [5.74, 6) is -0.291. The van der Waals surface area contributed by atoms with E-state index < -0.39 is 0 Å². The van der Waals surface area contributed by atoms with Gasteiger partial charge in [0.1, 0.15) is 5.82 Å². The van der Waals surface area contributed by atoms with Crippen molar-refractivity contribution in [3.63, 3.8) is 0 Å². The van der Waals surface area contributed by atoms with Crippen LogP contribution in [0.15, 0.2) is 48.5 Å². The largest absolute Gasteiger partial charge is 0.392 e. The molecule has 0 atom stereocenters. The van der Waals surface area contributed by atoms with Gasteiger partial charge in [-0.2, -0.15) is 0 Å². The highest BCUT2D eigenvalue weighted by Crippen LogP contribution is 2.24. The van der Waals surface area contributed by atoms with Crippen molar-refractivity contribution in [2.75, 3.05) is 4.90 Å². The minimum absolute atomic E-state index is 0.141. The number of anilines is 1. The van der Waals surface area contributed by atoms with E-state index in [1.807, 2.05) is 49.1 Å². The van der Waals surface area contributed by atoms with Crippen molar-refractivity contribution in [3.05, 3.63) is 65.5 Å². The number of halogens is 1. The van der Waals surface area contributed by atoms with E-state index >= 15 is 0 Å². The molecule has 0 radical (unpaired) electrons. The summed E-state index contributed by atoms with van der Waals surface area (Å²) >= 11 is 0. The number of nitrogens with zero attached hydrogens (tertiary/aromatic N) is 1. The molecule has 106 valence electrons. The summed E-state index contributed by atoms with van der Waals surface area (Å²) in [6.07, 6.45) is 0. The van der Waals surface area contributed by atoms with Gasteiger partial charge in [0.05, 0.1) is 12.3 Å². The molecule has 0 saturated carbocycles. The number of hydrogen-bond donors (Lipinski definition) is 1. The fraction of sp³-hybridized carbons (Fsp3) is 0.294. The Balaban J connectivity index is 2.29. The quantitative estimate of drug-likeness (QED) is 0.897. The Morgan fingerprint density at radius 2 is 1.75 bits per heavy atom. The second-order valence-corrected chi connectivity index (χ2v) is 5.15. The van der Waals surface area contributed by atoms with E-state index in [0.29, 0.717) is 17.8 Å². The molecule has 0 saturated heterocycles. The van der Waals surface area contributed by atoms with Crippen molar-refractivity contribution in [2.45, 2.75) is 33.0 Å². The maximum atomic E-state index is 14.2. The summed E-state index contributed by atoms with van der Waals surface area (Å²) < 4.78 is 14.2. The molecule has 0 spiro atoms. The van der Waals surface area contributed by atoms with Gasteiger partial charge in [-0.25, -0.2) is 4.39 Å². The number of rotatable bonds is 5. The first-order chi connectivity index (χ1) is 9.61. The third kappa shape index (κ3) is 3.36. The van der Waals surface area contributed by atoms with E-state index in [9.17, 15) is 4.39 Å². The van der Waals surface area contributed by atoms with Gasteiger partial charge in [0.25, 0.3) is 0 Å². The SMILES string of the molecule is CC(C)N(Cc1ccccc1)c1ccc(CO)cc1F. The first-order valence-corrected chi connectivity index (χ1v) is 6.81. The number of aliphatic hydroxyl groups is 1. The minimum Gasteiger partial charge on any atom is -0.392 e. The van der Waals surface area contributed by atoms with Crippen molar-refractivity contribution in [1.29, 1.82) is 0 Å². The van der Waals surface area contributed by atoms with Crippen LogP contribution in [0.5, 0.6) is 0 Å². The van der Waals surface area contributed by atoms with Gasteiger partial charge in [0, 0.05) is 12.6 Å². The summed E-state index contributed by atoms with van der Waals surface area (Å²) in [6.45, 7) is 4.61. The molecule has 0 aliphatic rings. The van der Waals surface area contributed by atoms with E-state index in [0.717, 1.165) is 5.56 Å². The molecule has 0 aliphatic heterocycles. The van der Waals surface area contributed by atoms with Gasteiger partial charge in [-0.05, 0) is 37.1 Å². The predicted molar refractivity (Wildman–Crippen MR) is 80.1 cm³/mol. The maximum Gasteiger partial charge on any atom is 0.146 e. The van der Waals surface area contributed by atoms with Crippen LogP contribution in [0.4, 0.5) is 10.1 Å². The Bertz CT molecular complexity index is 554. The summed E-state index contributed by atoms with van der Waals surface area (Å²) in [4.78, 5) is 2.02. The van der Waals surface area contributed by atoms with Crippen LogP contribution in [0.1, 0.15) is 25.0 Å². The average Bonchev–Trinajstić information content (AvgIpc) is 2.46. The Hall–Kier alpha value is -1.87. The van der Waals surface area contributed by atoms with E-state index in [1.54, 1.807) is 12.1 Å².